The van der Waals surface area contributed by atoms with Crippen LogP contribution in [0.1, 0.15) is 38.2 Å². The number of rotatable bonds is 10. The minimum atomic E-state index is -0.674. The highest BCUT2D eigenvalue weighted by atomic mass is 16.6. The van der Waals surface area contributed by atoms with Crippen molar-refractivity contribution >= 4 is 29.4 Å². The van der Waals surface area contributed by atoms with Crippen LogP contribution in [0.4, 0.5) is 17.1 Å². The van der Waals surface area contributed by atoms with E-state index in [2.05, 4.69) is 17.5 Å². The fourth-order valence-corrected chi connectivity index (χ4v) is 2.58. The highest BCUT2D eigenvalue weighted by Crippen LogP contribution is 2.28. The maximum atomic E-state index is 11.2. The van der Waals surface area contributed by atoms with Gasteiger partial charge in [0.1, 0.15) is 5.69 Å². The lowest BCUT2D eigenvalue weighted by molar-refractivity contribution is -0.393. The van der Waals surface area contributed by atoms with E-state index in [0.717, 1.165) is 42.9 Å². The van der Waals surface area contributed by atoms with Gasteiger partial charge < -0.3 is 0 Å². The molecule has 0 amide bonds. The molecule has 0 radical (unpaired) electrons. The molecule has 146 valence electrons. The van der Waals surface area contributed by atoms with Crippen molar-refractivity contribution in [3.8, 4) is 0 Å². The molecule has 0 aliphatic rings. The van der Waals surface area contributed by atoms with Crippen LogP contribution in [0.2, 0.25) is 0 Å². The molecule has 8 heteroatoms. The van der Waals surface area contributed by atoms with Crippen LogP contribution in [0.25, 0.3) is 6.08 Å². The van der Waals surface area contributed by atoms with Crippen molar-refractivity contribution in [3.63, 3.8) is 0 Å². The van der Waals surface area contributed by atoms with Crippen molar-refractivity contribution in [2.24, 2.45) is 5.10 Å². The standard InChI is InChI=1S/C20H22N4O4/c1-2-3-5-10-17(13-16-8-6-4-7-9-16)15-21-22-19-12-11-18(23(25)26)14-20(19)24(27)28/h4,6-9,11-15,22H,2-3,5,10H2,1H3/b17-13+,21-15+. The molecule has 2 aromatic carbocycles. The van der Waals surface area contributed by atoms with Gasteiger partial charge in [-0.25, -0.2) is 0 Å². The Kier molecular flexibility index (Phi) is 7.83. The lowest BCUT2D eigenvalue weighted by atomic mass is 10.1. The van der Waals surface area contributed by atoms with Crippen molar-refractivity contribution < 1.29 is 9.85 Å². The maximum Gasteiger partial charge on any atom is 0.301 e. The third-order valence-corrected chi connectivity index (χ3v) is 4.02. The summed E-state index contributed by atoms with van der Waals surface area (Å²) in [5.41, 5.74) is 4.02. The number of unbranched alkanes of at least 4 members (excludes halogenated alkanes) is 2. The van der Waals surface area contributed by atoms with Crippen molar-refractivity contribution in [1.29, 1.82) is 0 Å². The Hall–Kier alpha value is -3.55. The molecule has 0 aliphatic carbocycles. The van der Waals surface area contributed by atoms with Gasteiger partial charge in [-0.1, -0.05) is 56.2 Å². The first-order chi connectivity index (χ1) is 13.5. The molecule has 0 fully saturated rings. The van der Waals surface area contributed by atoms with Crippen LogP contribution >= 0.6 is 0 Å². The molecule has 0 bridgehead atoms. The van der Waals surface area contributed by atoms with Gasteiger partial charge in [0.2, 0.25) is 0 Å². The third kappa shape index (κ3) is 6.31. The molecule has 2 rings (SSSR count). The van der Waals surface area contributed by atoms with E-state index in [1.807, 2.05) is 36.4 Å². The monoisotopic (exact) mass is 382 g/mol. The summed E-state index contributed by atoms with van der Waals surface area (Å²) < 4.78 is 0. The van der Waals surface area contributed by atoms with Crippen molar-refractivity contribution in [3.05, 3.63) is 79.9 Å². The van der Waals surface area contributed by atoms with Crippen molar-refractivity contribution in [2.45, 2.75) is 32.6 Å². The van der Waals surface area contributed by atoms with E-state index in [1.54, 1.807) is 6.21 Å². The number of anilines is 1. The summed E-state index contributed by atoms with van der Waals surface area (Å²) in [6.45, 7) is 2.13. The number of nitrogens with zero attached hydrogens (tertiary/aromatic N) is 3. The first kappa shape index (κ1) is 20.8. The zero-order valence-electron chi connectivity index (χ0n) is 15.6. The van der Waals surface area contributed by atoms with Gasteiger partial charge in [-0.2, -0.15) is 5.10 Å². The van der Waals surface area contributed by atoms with E-state index in [4.69, 9.17) is 0 Å². The molecular weight excluding hydrogens is 360 g/mol. The number of allylic oxidation sites excluding steroid dienone is 1. The second-order valence-corrected chi connectivity index (χ2v) is 6.17. The SMILES string of the molecule is CCCCCC(/C=N/Nc1ccc([N+](=O)[O-])cc1[N+](=O)[O-])=C\c1ccccc1. The molecule has 0 aromatic heterocycles. The van der Waals surface area contributed by atoms with Gasteiger partial charge in [0.15, 0.2) is 0 Å². The van der Waals surface area contributed by atoms with Gasteiger partial charge in [-0.05, 0) is 30.0 Å². The Bertz CT molecular complexity index is 879. The Labute approximate surface area is 162 Å². The van der Waals surface area contributed by atoms with Crippen LogP contribution in [0.15, 0.2) is 59.2 Å². The summed E-state index contributed by atoms with van der Waals surface area (Å²) in [4.78, 5) is 20.7. The average Bonchev–Trinajstić information content (AvgIpc) is 2.68. The Morgan fingerprint density at radius 3 is 2.46 bits per heavy atom. The summed E-state index contributed by atoms with van der Waals surface area (Å²) in [5.74, 6) is 0. The lowest BCUT2D eigenvalue weighted by Crippen LogP contribution is -1.99. The molecule has 0 unspecified atom stereocenters. The molecule has 0 saturated carbocycles. The largest absolute Gasteiger partial charge is 0.301 e. The highest BCUT2D eigenvalue weighted by Gasteiger charge is 2.19. The van der Waals surface area contributed by atoms with Crippen LogP contribution < -0.4 is 5.43 Å². The first-order valence-corrected chi connectivity index (χ1v) is 8.98. The predicted octanol–water partition coefficient (Wildman–Crippen LogP) is 5.56. The number of nitro benzene ring substituents is 2. The molecule has 1 N–H and O–H groups in total. The summed E-state index contributed by atoms with van der Waals surface area (Å²) in [5, 5.41) is 26.1. The second-order valence-electron chi connectivity index (χ2n) is 6.17. The molecule has 2 aromatic rings. The van der Waals surface area contributed by atoms with Gasteiger partial charge in [-0.15, -0.1) is 0 Å². The minimum Gasteiger partial charge on any atom is -0.272 e. The number of hydrazone groups is 1. The van der Waals surface area contributed by atoms with Gasteiger partial charge >= 0.3 is 5.69 Å². The summed E-state index contributed by atoms with van der Waals surface area (Å²) in [7, 11) is 0. The zero-order valence-corrected chi connectivity index (χ0v) is 15.6. The third-order valence-electron chi connectivity index (χ3n) is 4.02. The molecule has 0 spiro atoms. The van der Waals surface area contributed by atoms with Gasteiger partial charge in [0.25, 0.3) is 5.69 Å². The number of nitrogens with one attached hydrogen (secondary N) is 1. The average molecular weight is 382 g/mol. The molecule has 0 atom stereocenters. The van der Waals surface area contributed by atoms with Crippen LogP contribution in [0.3, 0.4) is 0 Å². The van der Waals surface area contributed by atoms with Gasteiger partial charge in [0.05, 0.1) is 22.1 Å². The van der Waals surface area contributed by atoms with E-state index in [1.165, 1.54) is 12.1 Å². The van der Waals surface area contributed by atoms with Gasteiger partial charge in [-0.3, -0.25) is 25.7 Å². The Morgan fingerprint density at radius 1 is 1.07 bits per heavy atom. The lowest BCUT2D eigenvalue weighted by Gasteiger charge is -2.04. The smallest absolute Gasteiger partial charge is 0.272 e. The molecule has 28 heavy (non-hydrogen) atoms. The predicted molar refractivity (Wildman–Crippen MR) is 110 cm³/mol. The first-order valence-electron chi connectivity index (χ1n) is 8.98. The van der Waals surface area contributed by atoms with Gasteiger partial charge in [0, 0.05) is 6.07 Å². The number of benzene rings is 2. The van der Waals surface area contributed by atoms with E-state index in [-0.39, 0.29) is 11.4 Å². The zero-order chi connectivity index (χ0) is 20.4. The normalized spacial score (nSPS) is 11.5. The summed E-state index contributed by atoms with van der Waals surface area (Å²) in [6.07, 6.45) is 7.69. The number of hydrogen-bond acceptors (Lipinski definition) is 6. The van der Waals surface area contributed by atoms with Crippen molar-refractivity contribution in [1.82, 2.24) is 0 Å². The molecular formula is C20H22N4O4. The molecule has 0 aliphatic heterocycles. The van der Waals surface area contributed by atoms with E-state index in [0.29, 0.717) is 0 Å². The minimum absolute atomic E-state index is 0.0967. The van der Waals surface area contributed by atoms with E-state index >= 15 is 0 Å². The number of nitro groups is 2. The summed E-state index contributed by atoms with van der Waals surface area (Å²) >= 11 is 0. The molecule has 8 nitrogen and oxygen atoms in total. The van der Waals surface area contributed by atoms with Crippen LogP contribution in [0, 0.1) is 20.2 Å². The topological polar surface area (TPSA) is 111 Å². The van der Waals surface area contributed by atoms with Crippen LogP contribution in [0.5, 0.6) is 0 Å². The highest BCUT2D eigenvalue weighted by molar-refractivity contribution is 5.86. The summed E-state index contributed by atoms with van der Waals surface area (Å²) in [6, 6.07) is 13.2. The maximum absolute atomic E-state index is 11.2. The van der Waals surface area contributed by atoms with Crippen LogP contribution in [-0.2, 0) is 0 Å². The molecule has 0 heterocycles. The Morgan fingerprint density at radius 2 is 1.82 bits per heavy atom. The van der Waals surface area contributed by atoms with Crippen molar-refractivity contribution in [2.75, 3.05) is 5.43 Å². The fraction of sp³-hybridized carbons (Fsp3) is 0.250. The molecule has 0 saturated heterocycles. The second kappa shape index (κ2) is 10.6. The van der Waals surface area contributed by atoms with E-state index in [9.17, 15) is 20.2 Å². The quantitative estimate of drug-likeness (QED) is 0.250. The number of non-ortho nitro benzene ring substituents is 1. The fourth-order valence-electron chi connectivity index (χ4n) is 2.58. The van der Waals surface area contributed by atoms with E-state index < -0.39 is 15.5 Å². The number of hydrogen-bond donors (Lipinski definition) is 1. The Balaban J connectivity index is 2.19. The van der Waals surface area contributed by atoms with Crippen LogP contribution in [-0.4, -0.2) is 16.1 Å².